The van der Waals surface area contributed by atoms with E-state index >= 15 is 0 Å². The number of rotatable bonds is 5. The summed E-state index contributed by atoms with van der Waals surface area (Å²) in [7, 11) is 2.13. The van der Waals surface area contributed by atoms with E-state index in [1.165, 1.54) is 36.1 Å². The Labute approximate surface area is 191 Å². The van der Waals surface area contributed by atoms with Crippen molar-refractivity contribution in [3.05, 3.63) is 58.7 Å². The van der Waals surface area contributed by atoms with Gasteiger partial charge in [-0.05, 0) is 86.7 Å². The molecule has 2 N–H and O–H groups in total. The van der Waals surface area contributed by atoms with Crippen LogP contribution in [0.1, 0.15) is 47.6 Å². The van der Waals surface area contributed by atoms with Crippen molar-refractivity contribution in [3.8, 4) is 0 Å². The molecule has 4 rings (SSSR count). The van der Waals surface area contributed by atoms with E-state index in [4.69, 9.17) is 0 Å². The number of piperidine rings is 1. The zero-order chi connectivity index (χ0) is 22.7. The predicted molar refractivity (Wildman–Crippen MR) is 129 cm³/mol. The molecular formula is C26H34N4O2. The Kier molecular flexibility index (Phi) is 6.80. The summed E-state index contributed by atoms with van der Waals surface area (Å²) in [5, 5.41) is 5.62. The average Bonchev–Trinajstić information content (AvgIpc) is 3.17. The summed E-state index contributed by atoms with van der Waals surface area (Å²) in [6.07, 6.45) is 4.65. The summed E-state index contributed by atoms with van der Waals surface area (Å²) in [6.45, 7) is 7.52. The van der Waals surface area contributed by atoms with Crippen molar-refractivity contribution in [1.29, 1.82) is 0 Å². The van der Waals surface area contributed by atoms with Gasteiger partial charge in [-0.15, -0.1) is 0 Å². The second kappa shape index (κ2) is 9.74. The minimum Gasteiger partial charge on any atom is -0.374 e. The lowest BCUT2D eigenvalue weighted by atomic mass is 9.98. The molecule has 2 aromatic carbocycles. The largest absolute Gasteiger partial charge is 0.374 e. The Bertz CT molecular complexity index is 997. The van der Waals surface area contributed by atoms with Crippen LogP contribution in [0.3, 0.4) is 0 Å². The Morgan fingerprint density at radius 1 is 0.938 bits per heavy atom. The van der Waals surface area contributed by atoms with Gasteiger partial charge in [0.05, 0.1) is 6.04 Å². The number of likely N-dealkylation sites (N-methyl/N-ethyl adjacent to an activating group) is 1. The standard InChI is InChI=1S/C26H34N4O2/c1-18-7-9-22(15-19(18)2)28-26(32)25(31)27-17-24(30-12-5-4-6-13-30)20-8-10-23-21(16-20)11-14-29(23)3/h7-10,15-16,24H,4-6,11-14,17H2,1-3H3,(H,27,31)(H,28,32)/t24-/m1/s1. The molecule has 2 aromatic rings. The number of hydrogen-bond donors (Lipinski definition) is 2. The van der Waals surface area contributed by atoms with Gasteiger partial charge >= 0.3 is 11.8 Å². The Balaban J connectivity index is 1.44. The quantitative estimate of drug-likeness (QED) is 0.706. The van der Waals surface area contributed by atoms with Crippen LogP contribution in [0.2, 0.25) is 0 Å². The fraction of sp³-hybridized carbons (Fsp3) is 0.462. The maximum absolute atomic E-state index is 12.6. The number of fused-ring (bicyclic) bond motifs is 1. The number of likely N-dealkylation sites (tertiary alicyclic amines) is 1. The van der Waals surface area contributed by atoms with Crippen molar-refractivity contribution < 1.29 is 9.59 Å². The van der Waals surface area contributed by atoms with Crippen molar-refractivity contribution in [2.45, 2.75) is 45.6 Å². The van der Waals surface area contributed by atoms with Gasteiger partial charge in [0.1, 0.15) is 0 Å². The van der Waals surface area contributed by atoms with Gasteiger partial charge in [0, 0.05) is 31.5 Å². The maximum Gasteiger partial charge on any atom is 0.313 e. The highest BCUT2D eigenvalue weighted by Crippen LogP contribution is 2.32. The number of nitrogens with zero attached hydrogens (tertiary/aromatic N) is 2. The molecule has 6 heteroatoms. The van der Waals surface area contributed by atoms with E-state index in [0.717, 1.165) is 37.2 Å². The van der Waals surface area contributed by atoms with Crippen molar-refractivity contribution >= 4 is 23.2 Å². The summed E-state index contributed by atoms with van der Waals surface area (Å²) in [5.74, 6) is -1.22. The number of carbonyl (C=O) groups is 2. The molecule has 1 fully saturated rings. The molecule has 2 heterocycles. The van der Waals surface area contributed by atoms with E-state index in [1.54, 1.807) is 0 Å². The molecule has 0 saturated carbocycles. The summed E-state index contributed by atoms with van der Waals surface area (Å²) in [6, 6.07) is 12.4. The zero-order valence-electron chi connectivity index (χ0n) is 19.4. The van der Waals surface area contributed by atoms with E-state index in [0.29, 0.717) is 12.2 Å². The molecular weight excluding hydrogens is 400 g/mol. The van der Waals surface area contributed by atoms with Gasteiger partial charge in [-0.2, -0.15) is 0 Å². The maximum atomic E-state index is 12.6. The highest BCUT2D eigenvalue weighted by molar-refractivity contribution is 6.39. The molecule has 0 bridgehead atoms. The fourth-order valence-electron chi connectivity index (χ4n) is 4.76. The Morgan fingerprint density at radius 3 is 2.47 bits per heavy atom. The molecule has 0 spiro atoms. The second-order valence-electron chi connectivity index (χ2n) is 9.14. The number of aryl methyl sites for hydroxylation is 2. The smallest absolute Gasteiger partial charge is 0.313 e. The summed E-state index contributed by atoms with van der Waals surface area (Å²) in [4.78, 5) is 29.8. The summed E-state index contributed by atoms with van der Waals surface area (Å²) < 4.78 is 0. The highest BCUT2D eigenvalue weighted by Gasteiger charge is 2.26. The van der Waals surface area contributed by atoms with Crippen LogP contribution >= 0.6 is 0 Å². The van der Waals surface area contributed by atoms with E-state index in [-0.39, 0.29) is 6.04 Å². The van der Waals surface area contributed by atoms with E-state index in [1.807, 2.05) is 32.0 Å². The van der Waals surface area contributed by atoms with Crippen molar-refractivity contribution in [2.75, 3.05) is 43.4 Å². The predicted octanol–water partition coefficient (Wildman–Crippen LogP) is 3.58. The van der Waals surface area contributed by atoms with E-state index < -0.39 is 11.8 Å². The third-order valence-electron chi connectivity index (χ3n) is 6.87. The van der Waals surface area contributed by atoms with Gasteiger partial charge in [-0.3, -0.25) is 14.5 Å². The number of anilines is 2. The second-order valence-corrected chi connectivity index (χ2v) is 9.14. The molecule has 0 unspecified atom stereocenters. The summed E-state index contributed by atoms with van der Waals surface area (Å²) >= 11 is 0. The number of hydrogen-bond acceptors (Lipinski definition) is 4. The molecule has 1 saturated heterocycles. The summed E-state index contributed by atoms with van der Waals surface area (Å²) in [5.41, 5.74) is 6.75. The zero-order valence-corrected chi connectivity index (χ0v) is 19.4. The molecule has 1 atom stereocenters. The van der Waals surface area contributed by atoms with Crippen molar-refractivity contribution in [3.63, 3.8) is 0 Å². The minimum atomic E-state index is -0.624. The van der Waals surface area contributed by atoms with E-state index in [2.05, 4.69) is 45.7 Å². The van der Waals surface area contributed by atoms with Crippen LogP contribution in [-0.4, -0.2) is 49.9 Å². The molecule has 0 radical (unpaired) electrons. The SMILES string of the molecule is Cc1ccc(NC(=O)C(=O)NC[C@H](c2ccc3c(c2)CCN3C)N2CCCCC2)cc1C. The molecule has 2 aliphatic heterocycles. The normalized spacial score (nSPS) is 17.0. The van der Waals surface area contributed by atoms with Crippen LogP contribution in [0.5, 0.6) is 0 Å². The van der Waals surface area contributed by atoms with Crippen LogP contribution in [0.25, 0.3) is 0 Å². The van der Waals surface area contributed by atoms with Gasteiger partial charge in [0.25, 0.3) is 0 Å². The molecule has 2 aliphatic rings. The average molecular weight is 435 g/mol. The number of carbonyl (C=O) groups excluding carboxylic acids is 2. The van der Waals surface area contributed by atoms with Crippen LogP contribution in [0.15, 0.2) is 36.4 Å². The highest BCUT2D eigenvalue weighted by atomic mass is 16.2. The molecule has 2 amide bonds. The van der Waals surface area contributed by atoms with E-state index in [9.17, 15) is 9.59 Å². The lowest BCUT2D eigenvalue weighted by Gasteiger charge is -2.35. The monoisotopic (exact) mass is 434 g/mol. The van der Waals surface area contributed by atoms with Crippen LogP contribution in [-0.2, 0) is 16.0 Å². The first-order chi connectivity index (χ1) is 15.4. The molecule has 0 aromatic heterocycles. The first-order valence-electron chi connectivity index (χ1n) is 11.7. The Hall–Kier alpha value is -2.86. The van der Waals surface area contributed by atoms with Gasteiger partial charge in [0.2, 0.25) is 0 Å². The molecule has 170 valence electrons. The van der Waals surface area contributed by atoms with Gasteiger partial charge < -0.3 is 15.5 Å². The molecule has 32 heavy (non-hydrogen) atoms. The van der Waals surface area contributed by atoms with Crippen LogP contribution < -0.4 is 15.5 Å². The van der Waals surface area contributed by atoms with Gasteiger partial charge in [-0.1, -0.05) is 24.6 Å². The number of nitrogens with one attached hydrogen (secondary N) is 2. The number of benzene rings is 2. The lowest BCUT2D eigenvalue weighted by molar-refractivity contribution is -0.136. The van der Waals surface area contributed by atoms with Gasteiger partial charge in [0.15, 0.2) is 0 Å². The first kappa shape index (κ1) is 22.3. The van der Waals surface area contributed by atoms with Crippen LogP contribution in [0, 0.1) is 13.8 Å². The topological polar surface area (TPSA) is 64.7 Å². The Morgan fingerprint density at radius 2 is 1.72 bits per heavy atom. The van der Waals surface area contributed by atoms with Gasteiger partial charge in [-0.25, -0.2) is 0 Å². The molecule has 0 aliphatic carbocycles. The molecule has 6 nitrogen and oxygen atoms in total. The lowest BCUT2D eigenvalue weighted by Crippen LogP contribution is -2.43. The minimum absolute atomic E-state index is 0.0740. The third-order valence-corrected chi connectivity index (χ3v) is 6.87. The first-order valence-corrected chi connectivity index (χ1v) is 11.7. The third kappa shape index (κ3) is 4.96. The van der Waals surface area contributed by atoms with Crippen molar-refractivity contribution in [1.82, 2.24) is 10.2 Å². The number of amides is 2. The fourth-order valence-corrected chi connectivity index (χ4v) is 4.76. The van der Waals surface area contributed by atoms with Crippen LogP contribution in [0.4, 0.5) is 11.4 Å². The van der Waals surface area contributed by atoms with Crippen molar-refractivity contribution in [2.24, 2.45) is 0 Å².